The van der Waals surface area contributed by atoms with Crippen LogP contribution < -0.4 is 0 Å². The molecule has 0 saturated heterocycles. The van der Waals surface area contributed by atoms with Gasteiger partial charge in [0.2, 0.25) is 0 Å². The fraction of sp³-hybridized carbons (Fsp3) is 0.200. The van der Waals surface area contributed by atoms with E-state index in [1.807, 2.05) is 24.3 Å². The number of halogens is 2. The van der Waals surface area contributed by atoms with Crippen LogP contribution in [0.25, 0.3) is 5.69 Å². The van der Waals surface area contributed by atoms with Gasteiger partial charge in [0, 0.05) is 17.5 Å². The standard InChI is InChI=1S/C20H18F2N6O/c1-14(15-2-5-17(6-3-15)28-9-8-24-26-28)20(29,11-27-13-23-12-25-27)18-7-4-16(21)10-19(18)22/h2-10,12-14,29H,11H2,1H3. The van der Waals surface area contributed by atoms with Crippen LogP contribution in [0.1, 0.15) is 24.0 Å². The Balaban J connectivity index is 1.74. The number of hydrogen-bond donors (Lipinski definition) is 1. The third kappa shape index (κ3) is 3.64. The molecule has 0 spiro atoms. The molecule has 0 aliphatic rings. The lowest BCUT2D eigenvalue weighted by molar-refractivity contribution is -0.0112. The highest BCUT2D eigenvalue weighted by Gasteiger charge is 2.39. The van der Waals surface area contributed by atoms with Gasteiger partial charge in [-0.15, -0.1) is 5.10 Å². The van der Waals surface area contributed by atoms with Crippen molar-refractivity contribution in [3.8, 4) is 5.69 Å². The van der Waals surface area contributed by atoms with Gasteiger partial charge in [0.05, 0.1) is 24.6 Å². The zero-order chi connectivity index (χ0) is 20.4. The van der Waals surface area contributed by atoms with Gasteiger partial charge >= 0.3 is 0 Å². The molecule has 148 valence electrons. The van der Waals surface area contributed by atoms with Crippen molar-refractivity contribution in [2.45, 2.75) is 25.0 Å². The van der Waals surface area contributed by atoms with Crippen molar-refractivity contribution in [2.75, 3.05) is 0 Å². The second-order valence-corrected chi connectivity index (χ2v) is 6.80. The van der Waals surface area contributed by atoms with Gasteiger partial charge in [0.15, 0.2) is 0 Å². The third-order valence-electron chi connectivity index (χ3n) is 5.06. The highest BCUT2D eigenvalue weighted by atomic mass is 19.1. The summed E-state index contributed by atoms with van der Waals surface area (Å²) in [5.41, 5.74) is -0.144. The summed E-state index contributed by atoms with van der Waals surface area (Å²) in [5.74, 6) is -2.07. The molecule has 0 aliphatic carbocycles. The Kier molecular flexibility index (Phi) is 4.89. The van der Waals surface area contributed by atoms with E-state index in [0.29, 0.717) is 0 Å². The molecule has 9 heteroatoms. The minimum absolute atomic E-state index is 0.0118. The summed E-state index contributed by atoms with van der Waals surface area (Å²) in [4.78, 5) is 3.88. The molecule has 2 heterocycles. The molecule has 2 atom stereocenters. The molecule has 2 aromatic carbocycles. The van der Waals surface area contributed by atoms with Gasteiger partial charge in [0.25, 0.3) is 0 Å². The van der Waals surface area contributed by atoms with Crippen LogP contribution in [0.3, 0.4) is 0 Å². The number of nitrogens with zero attached hydrogens (tertiary/aromatic N) is 6. The summed E-state index contributed by atoms with van der Waals surface area (Å²) < 4.78 is 31.1. The van der Waals surface area contributed by atoms with Crippen LogP contribution in [0.5, 0.6) is 0 Å². The molecular weight excluding hydrogens is 378 g/mol. The van der Waals surface area contributed by atoms with E-state index in [-0.39, 0.29) is 12.1 Å². The smallest absolute Gasteiger partial charge is 0.137 e. The van der Waals surface area contributed by atoms with Crippen LogP contribution in [0.15, 0.2) is 67.5 Å². The van der Waals surface area contributed by atoms with Gasteiger partial charge in [-0.2, -0.15) is 5.10 Å². The Morgan fingerprint density at radius 2 is 1.93 bits per heavy atom. The molecule has 7 nitrogen and oxygen atoms in total. The van der Waals surface area contributed by atoms with E-state index in [1.54, 1.807) is 24.0 Å². The van der Waals surface area contributed by atoms with Crippen molar-refractivity contribution in [1.82, 2.24) is 29.8 Å². The summed E-state index contributed by atoms with van der Waals surface area (Å²) in [7, 11) is 0. The highest BCUT2D eigenvalue weighted by Crippen LogP contribution is 2.39. The van der Waals surface area contributed by atoms with Crippen LogP contribution in [-0.2, 0) is 12.1 Å². The first-order valence-electron chi connectivity index (χ1n) is 8.94. The average Bonchev–Trinajstić information content (AvgIpc) is 3.41. The predicted molar refractivity (Wildman–Crippen MR) is 100 cm³/mol. The molecule has 2 unspecified atom stereocenters. The second kappa shape index (κ2) is 7.51. The molecule has 0 amide bonds. The summed E-state index contributed by atoms with van der Waals surface area (Å²) >= 11 is 0. The molecule has 0 saturated carbocycles. The van der Waals surface area contributed by atoms with E-state index in [0.717, 1.165) is 23.4 Å². The van der Waals surface area contributed by atoms with Crippen molar-refractivity contribution in [2.24, 2.45) is 0 Å². The van der Waals surface area contributed by atoms with Gasteiger partial charge in [0.1, 0.15) is 29.9 Å². The topological polar surface area (TPSA) is 81.6 Å². The van der Waals surface area contributed by atoms with E-state index in [9.17, 15) is 13.9 Å². The summed E-state index contributed by atoms with van der Waals surface area (Å²) in [5, 5.41) is 23.4. The summed E-state index contributed by atoms with van der Waals surface area (Å²) in [6.07, 6.45) is 6.06. The molecule has 1 N–H and O–H groups in total. The van der Waals surface area contributed by atoms with Crippen molar-refractivity contribution in [3.05, 3.63) is 90.3 Å². The second-order valence-electron chi connectivity index (χ2n) is 6.80. The number of aromatic nitrogens is 6. The van der Waals surface area contributed by atoms with E-state index in [1.165, 1.54) is 23.4 Å². The molecular formula is C20H18F2N6O. The molecule has 29 heavy (non-hydrogen) atoms. The number of hydrogen-bond acceptors (Lipinski definition) is 5. The van der Waals surface area contributed by atoms with E-state index < -0.39 is 23.2 Å². The van der Waals surface area contributed by atoms with Crippen LogP contribution >= 0.6 is 0 Å². The van der Waals surface area contributed by atoms with Crippen LogP contribution in [0, 0.1) is 11.6 Å². The lowest BCUT2D eigenvalue weighted by Gasteiger charge is -2.35. The van der Waals surface area contributed by atoms with Crippen molar-refractivity contribution in [3.63, 3.8) is 0 Å². The zero-order valence-corrected chi connectivity index (χ0v) is 15.5. The van der Waals surface area contributed by atoms with Crippen LogP contribution in [0.4, 0.5) is 8.78 Å². The van der Waals surface area contributed by atoms with Crippen molar-refractivity contribution in [1.29, 1.82) is 0 Å². The summed E-state index contributed by atoms with van der Waals surface area (Å²) in [6.45, 7) is 1.73. The maximum atomic E-state index is 14.6. The van der Waals surface area contributed by atoms with Gasteiger partial charge in [-0.3, -0.25) is 0 Å². The quantitative estimate of drug-likeness (QED) is 0.542. The fourth-order valence-corrected chi connectivity index (χ4v) is 3.39. The van der Waals surface area contributed by atoms with E-state index in [4.69, 9.17) is 0 Å². The van der Waals surface area contributed by atoms with Gasteiger partial charge < -0.3 is 5.11 Å². The minimum Gasteiger partial charge on any atom is -0.382 e. The molecule has 0 fully saturated rings. The average molecular weight is 396 g/mol. The summed E-state index contributed by atoms with van der Waals surface area (Å²) in [6, 6.07) is 10.5. The predicted octanol–water partition coefficient (Wildman–Crippen LogP) is 2.83. The Morgan fingerprint density at radius 1 is 1.14 bits per heavy atom. The van der Waals surface area contributed by atoms with Crippen LogP contribution in [0.2, 0.25) is 0 Å². The van der Waals surface area contributed by atoms with Gasteiger partial charge in [-0.1, -0.05) is 30.3 Å². The molecule has 0 aliphatic heterocycles. The highest BCUT2D eigenvalue weighted by molar-refractivity contribution is 5.38. The monoisotopic (exact) mass is 396 g/mol. The van der Waals surface area contributed by atoms with E-state index >= 15 is 0 Å². The number of benzene rings is 2. The Labute approximate surface area is 165 Å². The number of aliphatic hydroxyl groups is 1. The van der Waals surface area contributed by atoms with Gasteiger partial charge in [-0.05, 0) is 23.8 Å². The largest absolute Gasteiger partial charge is 0.382 e. The maximum absolute atomic E-state index is 14.6. The Hall–Kier alpha value is -3.46. The lowest BCUT2D eigenvalue weighted by Crippen LogP contribution is -2.38. The third-order valence-corrected chi connectivity index (χ3v) is 5.06. The van der Waals surface area contributed by atoms with Crippen LogP contribution in [-0.4, -0.2) is 34.9 Å². The number of rotatable bonds is 6. The Bertz CT molecular complexity index is 1080. The van der Waals surface area contributed by atoms with Crippen molar-refractivity contribution >= 4 is 0 Å². The minimum atomic E-state index is -1.69. The lowest BCUT2D eigenvalue weighted by atomic mass is 9.78. The van der Waals surface area contributed by atoms with Crippen molar-refractivity contribution < 1.29 is 13.9 Å². The molecule has 4 rings (SSSR count). The first kappa shape index (κ1) is 18.9. The SMILES string of the molecule is CC(c1ccc(-n2ccnn2)cc1)C(O)(Cn1cncn1)c1ccc(F)cc1F. The first-order valence-corrected chi connectivity index (χ1v) is 8.94. The Morgan fingerprint density at radius 3 is 2.55 bits per heavy atom. The normalized spacial score (nSPS) is 14.5. The molecule has 4 aromatic rings. The van der Waals surface area contributed by atoms with Gasteiger partial charge in [-0.25, -0.2) is 23.1 Å². The molecule has 0 radical (unpaired) electrons. The fourth-order valence-electron chi connectivity index (χ4n) is 3.39. The first-order chi connectivity index (χ1) is 14.0. The maximum Gasteiger partial charge on any atom is 0.137 e. The van der Waals surface area contributed by atoms with E-state index in [2.05, 4.69) is 20.4 Å². The zero-order valence-electron chi connectivity index (χ0n) is 15.5. The molecule has 2 aromatic heterocycles. The molecule has 0 bridgehead atoms.